The summed E-state index contributed by atoms with van der Waals surface area (Å²) < 4.78 is 38.6. The van der Waals surface area contributed by atoms with Gasteiger partial charge >= 0.3 is 6.18 Å². The van der Waals surface area contributed by atoms with Crippen LogP contribution in [0.25, 0.3) is 10.2 Å². The number of thiophene rings is 1. The number of nitrogens with one attached hydrogen (secondary N) is 1. The van der Waals surface area contributed by atoms with Gasteiger partial charge in [-0.2, -0.15) is 13.2 Å². The van der Waals surface area contributed by atoms with Crippen LogP contribution in [-0.2, 0) is 6.18 Å². The van der Waals surface area contributed by atoms with Gasteiger partial charge in [0, 0.05) is 24.0 Å². The predicted molar refractivity (Wildman–Crippen MR) is 94.4 cm³/mol. The van der Waals surface area contributed by atoms with E-state index in [-0.39, 0.29) is 16.8 Å². The zero-order valence-corrected chi connectivity index (χ0v) is 15.2. The number of aromatic nitrogens is 1. The molecule has 140 valence electrons. The molecule has 0 bridgehead atoms. The number of piperidine rings is 1. The summed E-state index contributed by atoms with van der Waals surface area (Å²) in [5, 5.41) is 3.73. The Labute approximate surface area is 153 Å². The van der Waals surface area contributed by atoms with E-state index < -0.39 is 11.9 Å². The van der Waals surface area contributed by atoms with Gasteiger partial charge in [0.1, 0.15) is 10.5 Å². The number of pyridine rings is 1. The molecule has 0 aliphatic carbocycles. The van der Waals surface area contributed by atoms with Crippen molar-refractivity contribution in [1.82, 2.24) is 15.2 Å². The molecule has 4 rings (SSSR count). The molecular weight excluding hydrogens is 363 g/mol. The van der Waals surface area contributed by atoms with Gasteiger partial charge < -0.3 is 5.32 Å². The van der Waals surface area contributed by atoms with Crippen LogP contribution in [0.3, 0.4) is 0 Å². The summed E-state index contributed by atoms with van der Waals surface area (Å²) in [6.07, 6.45) is -0.0775. The van der Waals surface area contributed by atoms with Crippen LogP contribution in [0, 0.1) is 6.92 Å². The smallest absolute Gasteiger partial charge is 0.347 e. The average molecular weight is 383 g/mol. The van der Waals surface area contributed by atoms with E-state index in [1.54, 1.807) is 6.92 Å². The van der Waals surface area contributed by atoms with E-state index in [0.717, 1.165) is 43.3 Å². The van der Waals surface area contributed by atoms with Gasteiger partial charge in [0.2, 0.25) is 0 Å². The van der Waals surface area contributed by atoms with Crippen LogP contribution < -0.4 is 5.32 Å². The number of nitrogens with zero attached hydrogens (tertiary/aromatic N) is 2. The Hall–Kier alpha value is -1.67. The van der Waals surface area contributed by atoms with Crippen molar-refractivity contribution in [2.45, 2.75) is 50.9 Å². The largest absolute Gasteiger partial charge is 0.433 e. The third kappa shape index (κ3) is 3.09. The van der Waals surface area contributed by atoms with E-state index >= 15 is 0 Å². The molecule has 0 aromatic carbocycles. The fraction of sp³-hybridized carbons (Fsp3) is 0.556. The summed E-state index contributed by atoms with van der Waals surface area (Å²) in [6, 6.07) is 2.88. The van der Waals surface area contributed by atoms with Crippen LogP contribution in [0.2, 0.25) is 0 Å². The highest BCUT2D eigenvalue weighted by atomic mass is 32.1. The number of hydrogen-bond acceptors (Lipinski definition) is 4. The lowest BCUT2D eigenvalue weighted by molar-refractivity contribution is -0.140. The van der Waals surface area contributed by atoms with Crippen molar-refractivity contribution < 1.29 is 18.0 Å². The van der Waals surface area contributed by atoms with Gasteiger partial charge in [-0.15, -0.1) is 11.3 Å². The lowest BCUT2D eigenvalue weighted by Gasteiger charge is -2.32. The number of carbonyl (C=O) groups excluding carboxylic acids is 1. The highest BCUT2D eigenvalue weighted by Crippen LogP contribution is 2.34. The topological polar surface area (TPSA) is 45.2 Å². The Bertz CT molecular complexity index is 848. The summed E-state index contributed by atoms with van der Waals surface area (Å²) in [5.74, 6) is -0.198. The number of amides is 1. The third-order valence-corrected chi connectivity index (χ3v) is 6.67. The molecule has 0 unspecified atom stereocenters. The van der Waals surface area contributed by atoms with Crippen molar-refractivity contribution >= 4 is 27.5 Å². The minimum absolute atomic E-state index is 0.117. The number of aryl methyl sites for hydroxylation is 1. The Kier molecular flexibility index (Phi) is 4.43. The van der Waals surface area contributed by atoms with Crippen molar-refractivity contribution in [3.63, 3.8) is 0 Å². The zero-order valence-electron chi connectivity index (χ0n) is 14.4. The number of rotatable bonds is 2. The maximum atomic E-state index is 12.9. The maximum absolute atomic E-state index is 12.9. The number of hydrogen-bond donors (Lipinski definition) is 1. The molecule has 2 aliphatic rings. The number of halogens is 3. The number of alkyl halides is 3. The van der Waals surface area contributed by atoms with E-state index in [9.17, 15) is 18.0 Å². The molecule has 1 N–H and O–H groups in total. The molecule has 2 atom stereocenters. The van der Waals surface area contributed by atoms with E-state index in [2.05, 4.69) is 15.2 Å². The second kappa shape index (κ2) is 6.49. The molecular formula is C18H20F3N3OS. The van der Waals surface area contributed by atoms with Gasteiger partial charge in [0.15, 0.2) is 0 Å². The molecule has 8 heteroatoms. The third-order valence-electron chi connectivity index (χ3n) is 5.47. The predicted octanol–water partition coefficient (Wildman–Crippen LogP) is 3.98. The number of carbonyl (C=O) groups is 1. The Morgan fingerprint density at radius 3 is 2.85 bits per heavy atom. The Morgan fingerprint density at radius 2 is 2.08 bits per heavy atom. The summed E-state index contributed by atoms with van der Waals surface area (Å²) in [6.45, 7) is 3.85. The van der Waals surface area contributed by atoms with Crippen LogP contribution in [-0.4, -0.2) is 41.0 Å². The first-order chi connectivity index (χ1) is 12.3. The molecule has 2 aromatic rings. The van der Waals surface area contributed by atoms with Gasteiger partial charge in [0.05, 0.1) is 4.88 Å². The van der Waals surface area contributed by atoms with E-state index in [0.29, 0.717) is 21.9 Å². The quantitative estimate of drug-likeness (QED) is 0.853. The minimum Gasteiger partial charge on any atom is -0.347 e. The van der Waals surface area contributed by atoms with Crippen molar-refractivity contribution in [3.8, 4) is 0 Å². The first-order valence-corrected chi connectivity index (χ1v) is 9.68. The Morgan fingerprint density at radius 1 is 1.27 bits per heavy atom. The van der Waals surface area contributed by atoms with Crippen molar-refractivity contribution in [1.29, 1.82) is 0 Å². The normalized spacial score (nSPS) is 24.0. The monoisotopic (exact) mass is 383 g/mol. The second-order valence-electron chi connectivity index (χ2n) is 7.07. The molecule has 2 fully saturated rings. The first kappa shape index (κ1) is 17.7. The standard InChI is InChI=1S/C18H20F3N3OS/c1-10-11-5-6-14(18(19,20)21)23-17(11)26-15(10)16(25)22-12-7-9-24-8-3-2-4-13(12)24/h5-6,12-13H,2-4,7-9H2,1H3,(H,22,25)/t12-,13-/m0/s1. The molecule has 2 aromatic heterocycles. The van der Waals surface area contributed by atoms with Crippen LogP contribution >= 0.6 is 11.3 Å². The Balaban J connectivity index is 1.58. The fourth-order valence-corrected chi connectivity index (χ4v) is 5.21. The fourth-order valence-electron chi connectivity index (χ4n) is 4.12. The lowest BCUT2D eigenvalue weighted by Crippen LogP contribution is -2.46. The van der Waals surface area contributed by atoms with E-state index in [1.165, 1.54) is 18.9 Å². The van der Waals surface area contributed by atoms with Crippen LogP contribution in [0.1, 0.15) is 46.6 Å². The van der Waals surface area contributed by atoms with Gasteiger partial charge in [-0.25, -0.2) is 4.98 Å². The average Bonchev–Trinajstić information content (AvgIpc) is 3.16. The van der Waals surface area contributed by atoms with Gasteiger partial charge in [-0.05, 0) is 50.4 Å². The SMILES string of the molecule is Cc1c(C(=O)N[C@H]2CCN3CCCC[C@@H]23)sc2nc(C(F)(F)F)ccc12. The van der Waals surface area contributed by atoms with Crippen LogP contribution in [0.4, 0.5) is 13.2 Å². The highest BCUT2D eigenvalue weighted by Gasteiger charge is 2.37. The summed E-state index contributed by atoms with van der Waals surface area (Å²) in [5.41, 5.74) is -0.228. The molecule has 4 nitrogen and oxygen atoms in total. The molecule has 2 aliphatic heterocycles. The molecule has 0 spiro atoms. The van der Waals surface area contributed by atoms with Gasteiger partial charge in [-0.1, -0.05) is 6.42 Å². The molecule has 0 radical (unpaired) electrons. The minimum atomic E-state index is -4.48. The molecule has 1 amide bonds. The van der Waals surface area contributed by atoms with E-state index in [4.69, 9.17) is 0 Å². The maximum Gasteiger partial charge on any atom is 0.433 e. The van der Waals surface area contributed by atoms with Gasteiger partial charge in [0.25, 0.3) is 5.91 Å². The van der Waals surface area contributed by atoms with Gasteiger partial charge in [-0.3, -0.25) is 9.69 Å². The summed E-state index contributed by atoms with van der Waals surface area (Å²) in [7, 11) is 0. The van der Waals surface area contributed by atoms with Crippen LogP contribution in [0.15, 0.2) is 12.1 Å². The summed E-state index contributed by atoms with van der Waals surface area (Å²) in [4.78, 5) is 19.6. The molecule has 0 saturated carbocycles. The molecule has 26 heavy (non-hydrogen) atoms. The van der Waals surface area contributed by atoms with Crippen LogP contribution in [0.5, 0.6) is 0 Å². The molecule has 2 saturated heterocycles. The van der Waals surface area contributed by atoms with E-state index in [1.807, 2.05) is 0 Å². The highest BCUT2D eigenvalue weighted by molar-refractivity contribution is 7.20. The lowest BCUT2D eigenvalue weighted by atomic mass is 9.99. The molecule has 4 heterocycles. The zero-order chi connectivity index (χ0) is 18.5. The number of fused-ring (bicyclic) bond motifs is 2. The van der Waals surface area contributed by atoms with Crippen molar-refractivity contribution in [2.75, 3.05) is 13.1 Å². The van der Waals surface area contributed by atoms with Crippen molar-refractivity contribution in [2.24, 2.45) is 0 Å². The van der Waals surface area contributed by atoms with Crippen molar-refractivity contribution in [3.05, 3.63) is 28.3 Å². The second-order valence-corrected chi connectivity index (χ2v) is 8.07. The first-order valence-electron chi connectivity index (χ1n) is 8.87. The summed E-state index contributed by atoms with van der Waals surface area (Å²) >= 11 is 1.04.